The van der Waals surface area contributed by atoms with Crippen molar-refractivity contribution in [1.82, 2.24) is 20.5 Å². The third kappa shape index (κ3) is 3.61. The van der Waals surface area contributed by atoms with E-state index in [9.17, 15) is 0 Å². The minimum absolute atomic E-state index is 0.472. The molecule has 1 saturated heterocycles. The van der Waals surface area contributed by atoms with Crippen LogP contribution in [0.2, 0.25) is 0 Å². The van der Waals surface area contributed by atoms with Crippen LogP contribution in [0.15, 0.2) is 30.3 Å². The fourth-order valence-corrected chi connectivity index (χ4v) is 2.94. The largest absolute Gasteiger partial charge is 0.336 e. The first-order valence-electron chi connectivity index (χ1n) is 7.67. The van der Waals surface area contributed by atoms with Gasteiger partial charge in [0, 0.05) is 31.6 Å². The van der Waals surface area contributed by atoms with Gasteiger partial charge in [-0.15, -0.1) is 5.10 Å². The van der Waals surface area contributed by atoms with Gasteiger partial charge in [0.2, 0.25) is 5.95 Å². The Labute approximate surface area is 125 Å². The predicted octanol–water partition coefficient (Wildman–Crippen LogP) is 1.78. The van der Waals surface area contributed by atoms with Crippen molar-refractivity contribution in [2.24, 2.45) is 0 Å². The van der Waals surface area contributed by atoms with E-state index in [1.54, 1.807) is 0 Å². The SMILES string of the molecule is CC1CN(c2n[nH]c(CCc3ccccc3)n2)CC(C)N1. The number of piperazine rings is 1. The molecule has 5 nitrogen and oxygen atoms in total. The molecule has 0 saturated carbocycles. The molecule has 0 aliphatic carbocycles. The van der Waals surface area contributed by atoms with E-state index in [1.807, 2.05) is 6.07 Å². The minimum atomic E-state index is 0.472. The van der Waals surface area contributed by atoms with Crippen molar-refractivity contribution in [2.75, 3.05) is 18.0 Å². The first-order chi connectivity index (χ1) is 10.2. The van der Waals surface area contributed by atoms with Gasteiger partial charge in [-0.25, -0.2) is 0 Å². The summed E-state index contributed by atoms with van der Waals surface area (Å²) in [7, 11) is 0. The molecule has 0 amide bonds. The van der Waals surface area contributed by atoms with Gasteiger partial charge in [-0.2, -0.15) is 4.98 Å². The van der Waals surface area contributed by atoms with Crippen LogP contribution < -0.4 is 10.2 Å². The summed E-state index contributed by atoms with van der Waals surface area (Å²) in [5.74, 6) is 1.80. The molecule has 1 aromatic carbocycles. The number of nitrogens with zero attached hydrogens (tertiary/aromatic N) is 3. The summed E-state index contributed by atoms with van der Waals surface area (Å²) < 4.78 is 0. The molecule has 3 rings (SSSR count). The molecule has 0 spiro atoms. The van der Waals surface area contributed by atoms with Gasteiger partial charge < -0.3 is 10.2 Å². The Bertz CT molecular complexity index is 555. The van der Waals surface area contributed by atoms with Gasteiger partial charge in [-0.3, -0.25) is 5.10 Å². The Balaban J connectivity index is 1.61. The monoisotopic (exact) mass is 285 g/mol. The lowest BCUT2D eigenvalue weighted by Crippen LogP contribution is -2.54. The molecule has 0 radical (unpaired) electrons. The number of aromatic amines is 1. The Kier molecular flexibility index (Phi) is 4.20. The molecule has 0 bridgehead atoms. The maximum Gasteiger partial charge on any atom is 0.244 e. The van der Waals surface area contributed by atoms with Crippen LogP contribution in [0, 0.1) is 0 Å². The van der Waals surface area contributed by atoms with Gasteiger partial charge in [0.05, 0.1) is 0 Å². The van der Waals surface area contributed by atoms with Crippen LogP contribution in [0.4, 0.5) is 5.95 Å². The first kappa shape index (κ1) is 14.1. The number of nitrogens with one attached hydrogen (secondary N) is 2. The van der Waals surface area contributed by atoms with Gasteiger partial charge in [-0.05, 0) is 25.8 Å². The summed E-state index contributed by atoms with van der Waals surface area (Å²) >= 11 is 0. The standard InChI is InChI=1S/C16H23N5/c1-12-10-21(11-13(2)17-12)16-18-15(19-20-16)9-8-14-6-4-3-5-7-14/h3-7,12-13,17H,8-11H2,1-2H3,(H,18,19,20). The van der Waals surface area contributed by atoms with E-state index in [-0.39, 0.29) is 0 Å². The zero-order valence-electron chi connectivity index (χ0n) is 12.7. The van der Waals surface area contributed by atoms with Crippen LogP contribution in [-0.2, 0) is 12.8 Å². The van der Waals surface area contributed by atoms with Crippen molar-refractivity contribution in [3.63, 3.8) is 0 Å². The molecule has 21 heavy (non-hydrogen) atoms. The molecule has 112 valence electrons. The number of anilines is 1. The van der Waals surface area contributed by atoms with Crippen molar-refractivity contribution in [3.8, 4) is 0 Å². The van der Waals surface area contributed by atoms with Crippen molar-refractivity contribution in [1.29, 1.82) is 0 Å². The quantitative estimate of drug-likeness (QED) is 0.899. The summed E-state index contributed by atoms with van der Waals surface area (Å²) in [4.78, 5) is 6.91. The predicted molar refractivity (Wildman–Crippen MR) is 84.5 cm³/mol. The number of aryl methyl sites for hydroxylation is 2. The van der Waals surface area contributed by atoms with Crippen molar-refractivity contribution < 1.29 is 0 Å². The second-order valence-corrected chi connectivity index (χ2v) is 5.94. The van der Waals surface area contributed by atoms with Crippen LogP contribution in [0.5, 0.6) is 0 Å². The lowest BCUT2D eigenvalue weighted by Gasteiger charge is -2.35. The van der Waals surface area contributed by atoms with E-state index in [1.165, 1.54) is 5.56 Å². The third-order valence-electron chi connectivity index (χ3n) is 3.85. The topological polar surface area (TPSA) is 56.8 Å². The Morgan fingerprint density at radius 1 is 1.10 bits per heavy atom. The fraction of sp³-hybridized carbons (Fsp3) is 0.500. The minimum Gasteiger partial charge on any atom is -0.336 e. The molecule has 5 heteroatoms. The molecular weight excluding hydrogens is 262 g/mol. The molecule has 2 unspecified atom stereocenters. The summed E-state index contributed by atoms with van der Waals surface area (Å²) in [5, 5.41) is 11.0. The molecule has 2 heterocycles. The average molecular weight is 285 g/mol. The molecule has 1 fully saturated rings. The molecule has 2 aromatic rings. The highest BCUT2D eigenvalue weighted by molar-refractivity contribution is 5.31. The maximum absolute atomic E-state index is 4.65. The maximum atomic E-state index is 4.65. The second kappa shape index (κ2) is 6.26. The Morgan fingerprint density at radius 2 is 1.81 bits per heavy atom. The highest BCUT2D eigenvalue weighted by atomic mass is 15.4. The van der Waals surface area contributed by atoms with Crippen molar-refractivity contribution in [2.45, 2.75) is 38.8 Å². The summed E-state index contributed by atoms with van der Waals surface area (Å²) in [6, 6.07) is 11.4. The van der Waals surface area contributed by atoms with Gasteiger partial charge in [0.25, 0.3) is 0 Å². The fourth-order valence-electron chi connectivity index (χ4n) is 2.94. The van der Waals surface area contributed by atoms with Crippen LogP contribution in [0.3, 0.4) is 0 Å². The molecule has 1 aliphatic heterocycles. The van der Waals surface area contributed by atoms with Gasteiger partial charge in [0.1, 0.15) is 5.82 Å². The third-order valence-corrected chi connectivity index (χ3v) is 3.85. The van der Waals surface area contributed by atoms with Gasteiger partial charge in [0.15, 0.2) is 0 Å². The second-order valence-electron chi connectivity index (χ2n) is 5.94. The number of hydrogen-bond donors (Lipinski definition) is 2. The van der Waals surface area contributed by atoms with E-state index in [0.29, 0.717) is 12.1 Å². The first-order valence-corrected chi connectivity index (χ1v) is 7.67. The van der Waals surface area contributed by atoms with Crippen LogP contribution in [-0.4, -0.2) is 40.4 Å². The zero-order valence-corrected chi connectivity index (χ0v) is 12.7. The van der Waals surface area contributed by atoms with Crippen molar-refractivity contribution >= 4 is 5.95 Å². The van der Waals surface area contributed by atoms with E-state index >= 15 is 0 Å². The van der Waals surface area contributed by atoms with E-state index in [2.05, 4.69) is 63.5 Å². The van der Waals surface area contributed by atoms with Gasteiger partial charge >= 0.3 is 0 Å². The molecule has 2 atom stereocenters. The normalized spacial score (nSPS) is 22.5. The van der Waals surface area contributed by atoms with Gasteiger partial charge in [-0.1, -0.05) is 30.3 Å². The van der Waals surface area contributed by atoms with E-state index in [4.69, 9.17) is 0 Å². The zero-order chi connectivity index (χ0) is 14.7. The lowest BCUT2D eigenvalue weighted by molar-refractivity contribution is 0.403. The van der Waals surface area contributed by atoms with Crippen LogP contribution >= 0.6 is 0 Å². The highest BCUT2D eigenvalue weighted by Gasteiger charge is 2.23. The van der Waals surface area contributed by atoms with Crippen LogP contribution in [0.25, 0.3) is 0 Å². The van der Waals surface area contributed by atoms with E-state index < -0.39 is 0 Å². The summed E-state index contributed by atoms with van der Waals surface area (Å²) in [6.45, 7) is 6.32. The van der Waals surface area contributed by atoms with Crippen molar-refractivity contribution in [3.05, 3.63) is 41.7 Å². The number of rotatable bonds is 4. The molecule has 1 aromatic heterocycles. The molecule has 2 N–H and O–H groups in total. The molecular formula is C16H23N5. The number of aromatic nitrogens is 3. The molecule has 1 aliphatic rings. The van der Waals surface area contributed by atoms with E-state index in [0.717, 1.165) is 37.7 Å². The number of benzene rings is 1. The van der Waals surface area contributed by atoms with Crippen LogP contribution in [0.1, 0.15) is 25.2 Å². The average Bonchev–Trinajstić information content (AvgIpc) is 2.94. The smallest absolute Gasteiger partial charge is 0.244 e. The number of H-pyrrole nitrogens is 1. The lowest BCUT2D eigenvalue weighted by atomic mass is 10.1. The Morgan fingerprint density at radius 3 is 2.52 bits per heavy atom. The summed E-state index contributed by atoms with van der Waals surface area (Å²) in [5.41, 5.74) is 1.33. The highest BCUT2D eigenvalue weighted by Crippen LogP contribution is 2.13. The summed E-state index contributed by atoms with van der Waals surface area (Å²) in [6.07, 6.45) is 1.89. The Hall–Kier alpha value is -1.88. The number of hydrogen-bond acceptors (Lipinski definition) is 4.